The lowest BCUT2D eigenvalue weighted by Crippen LogP contribution is -1.83. The van der Waals surface area contributed by atoms with Crippen molar-refractivity contribution in [1.82, 2.24) is 20.6 Å². The summed E-state index contributed by atoms with van der Waals surface area (Å²) >= 11 is 0. The molecule has 12 heavy (non-hydrogen) atoms. The zero-order valence-electron chi connectivity index (χ0n) is 6.60. The van der Waals surface area contributed by atoms with Crippen LogP contribution in [0.2, 0.25) is 0 Å². The molecule has 4 nitrogen and oxygen atoms in total. The average molecular weight is 159 g/mol. The summed E-state index contributed by atoms with van der Waals surface area (Å²) in [5, 5.41) is 14.3. The highest BCUT2D eigenvalue weighted by Crippen LogP contribution is 2.13. The van der Waals surface area contributed by atoms with Crippen LogP contribution in [0.15, 0.2) is 24.3 Å². The molecule has 1 aromatic heterocycles. The molecule has 0 radical (unpaired) electrons. The lowest BCUT2D eigenvalue weighted by molar-refractivity contribution is 0.871. The Morgan fingerprint density at radius 1 is 1.33 bits per heavy atom. The van der Waals surface area contributed by atoms with Crippen LogP contribution in [-0.4, -0.2) is 15.5 Å². The molecule has 0 saturated heterocycles. The Morgan fingerprint density at radius 2 is 2.25 bits per heavy atom. The lowest BCUT2D eigenvalue weighted by Gasteiger charge is -1.99. The first-order valence-electron chi connectivity index (χ1n) is 3.62. The summed E-state index contributed by atoms with van der Waals surface area (Å²) in [6.07, 6.45) is 0. The topological polar surface area (TPSA) is 52.8 Å². The number of aryl methyl sites for hydroxylation is 1. The molecule has 0 amide bonds. The molecule has 1 aromatic carbocycles. The number of hydrogen-bond acceptors (Lipinski definition) is 3. The van der Waals surface area contributed by atoms with E-state index < -0.39 is 0 Å². The van der Waals surface area contributed by atoms with E-state index in [9.17, 15) is 0 Å². The lowest BCUT2D eigenvalue weighted by atomic mass is 10.1. The maximum absolute atomic E-state index is 3.76. The smallest absolute Gasteiger partial charge is 0.0397 e. The summed E-state index contributed by atoms with van der Waals surface area (Å²) in [5.74, 6) is 0.582. The molecule has 1 heterocycles. The average Bonchev–Trinajstić information content (AvgIpc) is 2.56. The van der Waals surface area contributed by atoms with Crippen molar-refractivity contribution < 1.29 is 0 Å². The highest BCUT2D eigenvalue weighted by Gasteiger charge is 1.93. The van der Waals surface area contributed by atoms with Gasteiger partial charge in [-0.2, -0.15) is 5.21 Å². The van der Waals surface area contributed by atoms with Crippen LogP contribution in [0.1, 0.15) is 5.56 Å². The van der Waals surface area contributed by atoms with Gasteiger partial charge >= 0.3 is 0 Å². The summed E-state index contributed by atoms with van der Waals surface area (Å²) in [4.78, 5) is 0. The van der Waals surface area contributed by atoms with E-state index >= 15 is 0 Å². The molecule has 0 aliphatic rings. The Labute approximate surface area is 69.6 Å². The molecule has 0 N–H and O–H groups in total. The standard InChI is InChI=1S/C8H7N4/c1-6-3-2-4-7(5-6)8-9-11-12-10-8/h2-5H,1H3/q-1. The molecular formula is C8H7N4-. The van der Waals surface area contributed by atoms with Gasteiger partial charge in [-0.05, 0) is 12.5 Å². The Kier molecular flexibility index (Phi) is 1.59. The first-order chi connectivity index (χ1) is 5.86. The van der Waals surface area contributed by atoms with E-state index in [2.05, 4.69) is 20.6 Å². The van der Waals surface area contributed by atoms with E-state index in [1.807, 2.05) is 31.2 Å². The molecule has 60 valence electrons. The monoisotopic (exact) mass is 159 g/mol. The molecule has 0 atom stereocenters. The van der Waals surface area contributed by atoms with Crippen molar-refractivity contribution >= 4 is 0 Å². The van der Waals surface area contributed by atoms with Crippen molar-refractivity contribution in [2.45, 2.75) is 6.92 Å². The van der Waals surface area contributed by atoms with Crippen LogP contribution in [0.4, 0.5) is 0 Å². The first kappa shape index (κ1) is 6.97. The van der Waals surface area contributed by atoms with Crippen molar-refractivity contribution in [3.63, 3.8) is 0 Å². The Morgan fingerprint density at radius 3 is 2.92 bits per heavy atom. The van der Waals surface area contributed by atoms with E-state index in [4.69, 9.17) is 0 Å². The summed E-state index contributed by atoms with van der Waals surface area (Å²) < 4.78 is 0. The van der Waals surface area contributed by atoms with Gasteiger partial charge in [0.25, 0.3) is 0 Å². The van der Waals surface area contributed by atoms with Gasteiger partial charge in [-0.1, -0.05) is 29.8 Å². The quantitative estimate of drug-likeness (QED) is 0.617. The second kappa shape index (κ2) is 2.73. The predicted molar refractivity (Wildman–Crippen MR) is 43.3 cm³/mol. The van der Waals surface area contributed by atoms with Gasteiger partial charge in [0.2, 0.25) is 0 Å². The van der Waals surface area contributed by atoms with Crippen LogP contribution >= 0.6 is 0 Å². The van der Waals surface area contributed by atoms with Gasteiger partial charge in [0.05, 0.1) is 0 Å². The van der Waals surface area contributed by atoms with Crippen LogP contribution in [0.25, 0.3) is 11.4 Å². The molecule has 0 unspecified atom stereocenters. The maximum Gasteiger partial charge on any atom is 0.0397 e. The van der Waals surface area contributed by atoms with E-state index in [0.29, 0.717) is 5.82 Å². The number of hydrogen-bond donors (Lipinski definition) is 0. The zero-order chi connectivity index (χ0) is 8.39. The number of tetrazole rings is 1. The van der Waals surface area contributed by atoms with Crippen molar-refractivity contribution in [3.05, 3.63) is 29.8 Å². The summed E-state index contributed by atoms with van der Waals surface area (Å²) in [5.41, 5.74) is 2.14. The third-order valence-corrected chi connectivity index (χ3v) is 1.60. The summed E-state index contributed by atoms with van der Waals surface area (Å²) in [6.45, 7) is 2.02. The van der Waals surface area contributed by atoms with Gasteiger partial charge in [-0.25, -0.2) is 0 Å². The van der Waals surface area contributed by atoms with Crippen LogP contribution in [0, 0.1) is 6.92 Å². The third kappa shape index (κ3) is 1.18. The van der Waals surface area contributed by atoms with Crippen molar-refractivity contribution in [3.8, 4) is 11.4 Å². The van der Waals surface area contributed by atoms with Gasteiger partial charge in [0, 0.05) is 5.82 Å². The van der Waals surface area contributed by atoms with Crippen LogP contribution < -0.4 is 5.10 Å². The summed E-state index contributed by atoms with van der Waals surface area (Å²) in [7, 11) is 0. The van der Waals surface area contributed by atoms with E-state index in [0.717, 1.165) is 5.56 Å². The Bertz CT molecular complexity index is 366. The van der Waals surface area contributed by atoms with Gasteiger partial charge < -0.3 is 5.10 Å². The number of rotatable bonds is 1. The van der Waals surface area contributed by atoms with Gasteiger partial charge in [0.1, 0.15) is 0 Å². The molecule has 2 rings (SSSR count). The van der Waals surface area contributed by atoms with Gasteiger partial charge in [-0.15, -0.1) is 0 Å². The van der Waals surface area contributed by atoms with E-state index in [1.54, 1.807) is 0 Å². The first-order valence-corrected chi connectivity index (χ1v) is 3.62. The second-order valence-electron chi connectivity index (χ2n) is 2.57. The molecule has 2 aromatic rings. The van der Waals surface area contributed by atoms with Crippen LogP contribution in [-0.2, 0) is 0 Å². The normalized spacial score (nSPS) is 10.1. The maximum atomic E-state index is 3.76. The summed E-state index contributed by atoms with van der Waals surface area (Å²) in [6, 6.07) is 7.92. The Hall–Kier alpha value is -1.71. The van der Waals surface area contributed by atoms with Crippen molar-refractivity contribution in [2.75, 3.05) is 0 Å². The molecule has 0 aliphatic heterocycles. The highest BCUT2D eigenvalue weighted by molar-refractivity contribution is 5.54. The minimum Gasteiger partial charge on any atom is -0.330 e. The molecular weight excluding hydrogens is 152 g/mol. The minimum absolute atomic E-state index is 0.582. The molecule has 0 saturated carbocycles. The fourth-order valence-electron chi connectivity index (χ4n) is 1.04. The van der Waals surface area contributed by atoms with Gasteiger partial charge in [0.15, 0.2) is 0 Å². The van der Waals surface area contributed by atoms with Gasteiger partial charge in [-0.3, -0.25) is 10.3 Å². The molecule has 0 fully saturated rings. The molecule has 0 aliphatic carbocycles. The number of nitrogens with zero attached hydrogens (tertiary/aromatic N) is 4. The van der Waals surface area contributed by atoms with Crippen molar-refractivity contribution in [1.29, 1.82) is 0 Å². The van der Waals surface area contributed by atoms with E-state index in [1.165, 1.54) is 5.56 Å². The van der Waals surface area contributed by atoms with Crippen LogP contribution in [0.3, 0.4) is 0 Å². The Balaban J connectivity index is 2.48. The third-order valence-electron chi connectivity index (χ3n) is 1.60. The predicted octanol–water partition coefficient (Wildman–Crippen LogP) is 0.804. The zero-order valence-corrected chi connectivity index (χ0v) is 6.60. The highest BCUT2D eigenvalue weighted by atomic mass is 15.5. The largest absolute Gasteiger partial charge is 0.330 e. The SMILES string of the molecule is Cc1cccc(-c2nnn[n-]2)c1. The fraction of sp³-hybridized carbons (Fsp3) is 0.125. The van der Waals surface area contributed by atoms with Crippen molar-refractivity contribution in [2.24, 2.45) is 0 Å². The number of aromatic nitrogens is 4. The second-order valence-corrected chi connectivity index (χ2v) is 2.57. The molecule has 0 bridgehead atoms. The van der Waals surface area contributed by atoms with E-state index in [-0.39, 0.29) is 0 Å². The minimum atomic E-state index is 0.582. The van der Waals surface area contributed by atoms with Crippen LogP contribution in [0.5, 0.6) is 0 Å². The molecule has 0 spiro atoms. The number of benzene rings is 1. The fourth-order valence-corrected chi connectivity index (χ4v) is 1.04. The molecule has 4 heteroatoms.